The fourth-order valence-electron chi connectivity index (χ4n) is 4.13. The summed E-state index contributed by atoms with van der Waals surface area (Å²) in [4.78, 5) is 2.13. The number of nitriles is 1. The lowest BCUT2D eigenvalue weighted by molar-refractivity contribution is -0.537. The molecule has 0 N–H and O–H groups in total. The van der Waals surface area contributed by atoms with Crippen LogP contribution in [0.25, 0.3) is 38.6 Å². The molecule has 0 radical (unpaired) electrons. The standard InChI is InChI=1S/C27H23N2.CHNS/c1-28(2)21-18-16-20(17-19-21)27-23-12-6-8-14-25(23)29(22-10-4-3-5-11-22)26-15-9-7-13-24(26)27;2-1-3/h3-19H,1-2H3;3H/q+1;/p-1. The molecule has 0 aliphatic heterocycles. The van der Waals surface area contributed by atoms with Gasteiger partial charge in [0.1, 0.15) is 0 Å². The number of thiocyanates is 1. The lowest BCUT2D eigenvalue weighted by Crippen LogP contribution is -2.32. The van der Waals surface area contributed by atoms with Crippen molar-refractivity contribution in [3.8, 4) is 22.2 Å². The molecule has 156 valence electrons. The first kappa shape index (κ1) is 21.3. The molecule has 0 atom stereocenters. The minimum Gasteiger partial charge on any atom is -0.696 e. The number of pyridine rings is 1. The zero-order chi connectivity index (χ0) is 22.5. The molecule has 0 amide bonds. The highest BCUT2D eigenvalue weighted by molar-refractivity contribution is 7.64. The van der Waals surface area contributed by atoms with Crippen LogP contribution in [-0.4, -0.2) is 14.1 Å². The van der Waals surface area contributed by atoms with Crippen LogP contribution in [0.3, 0.4) is 0 Å². The molecule has 5 rings (SSSR count). The summed E-state index contributed by atoms with van der Waals surface area (Å²) in [6.45, 7) is 0. The van der Waals surface area contributed by atoms with Crippen molar-refractivity contribution in [3.63, 3.8) is 0 Å². The van der Waals surface area contributed by atoms with E-state index in [1.807, 2.05) is 0 Å². The Kier molecular flexibility index (Phi) is 6.30. The first-order valence-electron chi connectivity index (χ1n) is 10.4. The first-order valence-corrected chi connectivity index (χ1v) is 10.8. The summed E-state index contributed by atoms with van der Waals surface area (Å²) in [6.07, 6.45) is 0. The van der Waals surface area contributed by atoms with Crippen LogP contribution in [0, 0.1) is 10.7 Å². The summed E-state index contributed by atoms with van der Waals surface area (Å²) in [5, 5.41) is 11.0. The van der Waals surface area contributed by atoms with Crippen LogP contribution < -0.4 is 9.47 Å². The molecule has 4 aromatic carbocycles. The van der Waals surface area contributed by atoms with Gasteiger partial charge in [0.2, 0.25) is 16.7 Å². The number of para-hydroxylation sites is 3. The topological polar surface area (TPSA) is 30.9 Å². The van der Waals surface area contributed by atoms with Gasteiger partial charge < -0.3 is 17.5 Å². The van der Waals surface area contributed by atoms with Crippen molar-refractivity contribution in [2.24, 2.45) is 0 Å². The normalized spacial score (nSPS) is 10.3. The quantitative estimate of drug-likeness (QED) is 0.151. The van der Waals surface area contributed by atoms with Crippen molar-refractivity contribution in [1.29, 1.82) is 5.26 Å². The third-order valence-corrected chi connectivity index (χ3v) is 5.52. The van der Waals surface area contributed by atoms with E-state index >= 15 is 0 Å². The monoisotopic (exact) mass is 433 g/mol. The minimum atomic E-state index is 1.18. The number of nitrogens with zero attached hydrogens (tertiary/aromatic N) is 3. The molecule has 32 heavy (non-hydrogen) atoms. The van der Waals surface area contributed by atoms with Gasteiger partial charge in [-0.05, 0) is 29.8 Å². The summed E-state index contributed by atoms with van der Waals surface area (Å²) >= 11 is 3.70. The second-order valence-electron chi connectivity index (χ2n) is 7.61. The summed E-state index contributed by atoms with van der Waals surface area (Å²) in [7, 11) is 4.15. The van der Waals surface area contributed by atoms with Crippen molar-refractivity contribution in [1.82, 2.24) is 0 Å². The van der Waals surface area contributed by atoms with Crippen molar-refractivity contribution in [2.75, 3.05) is 19.0 Å². The van der Waals surface area contributed by atoms with Crippen LogP contribution in [0.2, 0.25) is 0 Å². The van der Waals surface area contributed by atoms with Crippen LogP contribution in [0.4, 0.5) is 5.69 Å². The van der Waals surface area contributed by atoms with E-state index < -0.39 is 0 Å². The molecule has 3 nitrogen and oxygen atoms in total. The van der Waals surface area contributed by atoms with Gasteiger partial charge in [0, 0.05) is 49.6 Å². The Morgan fingerprint density at radius 1 is 0.688 bits per heavy atom. The third kappa shape index (κ3) is 3.99. The zero-order valence-electron chi connectivity index (χ0n) is 18.1. The van der Waals surface area contributed by atoms with Crippen LogP contribution in [0.15, 0.2) is 103 Å². The lowest BCUT2D eigenvalue weighted by atomic mass is 9.95. The maximum absolute atomic E-state index is 7.13. The third-order valence-electron chi connectivity index (χ3n) is 5.52. The van der Waals surface area contributed by atoms with Crippen molar-refractivity contribution in [3.05, 3.63) is 103 Å². The van der Waals surface area contributed by atoms with Crippen LogP contribution in [0.1, 0.15) is 0 Å². The smallest absolute Gasteiger partial charge is 0.219 e. The molecular weight excluding hydrogens is 410 g/mol. The van der Waals surface area contributed by atoms with Gasteiger partial charge in [-0.25, -0.2) is 5.26 Å². The van der Waals surface area contributed by atoms with Gasteiger partial charge in [0.05, 0.1) is 10.8 Å². The van der Waals surface area contributed by atoms with Crippen LogP contribution in [0.5, 0.6) is 0 Å². The molecule has 1 heterocycles. The molecule has 0 saturated heterocycles. The predicted molar refractivity (Wildman–Crippen MR) is 136 cm³/mol. The Morgan fingerprint density at radius 2 is 1.16 bits per heavy atom. The number of hydrogen-bond acceptors (Lipinski definition) is 3. The highest BCUT2D eigenvalue weighted by Crippen LogP contribution is 2.35. The van der Waals surface area contributed by atoms with Gasteiger partial charge in [0.25, 0.3) is 0 Å². The van der Waals surface area contributed by atoms with E-state index in [0.29, 0.717) is 0 Å². The van der Waals surface area contributed by atoms with E-state index in [1.54, 1.807) is 0 Å². The van der Waals surface area contributed by atoms with Crippen molar-refractivity contribution < 1.29 is 4.57 Å². The van der Waals surface area contributed by atoms with Gasteiger partial charge >= 0.3 is 0 Å². The average Bonchev–Trinajstić information content (AvgIpc) is 2.83. The highest BCUT2D eigenvalue weighted by atomic mass is 32.1. The van der Waals surface area contributed by atoms with E-state index in [-0.39, 0.29) is 0 Å². The molecule has 0 saturated carbocycles. The number of hydrogen-bond donors (Lipinski definition) is 0. The molecule has 1 aromatic heterocycles. The molecule has 0 bridgehead atoms. The summed E-state index contributed by atoms with van der Waals surface area (Å²) < 4.78 is 2.36. The lowest BCUT2D eigenvalue weighted by Gasteiger charge is -2.15. The molecular formula is C28H23N3S. The van der Waals surface area contributed by atoms with Crippen molar-refractivity contribution >= 4 is 40.1 Å². The van der Waals surface area contributed by atoms with Gasteiger partial charge in [-0.2, -0.15) is 4.57 Å². The largest absolute Gasteiger partial charge is 0.696 e. The SMILES string of the molecule is CN(C)c1ccc(-c2c3ccccc3[n+](-c3ccccc3)c3ccccc23)cc1.N#C[S-]. The van der Waals surface area contributed by atoms with Crippen LogP contribution in [-0.2, 0) is 12.6 Å². The number of benzene rings is 4. The fourth-order valence-corrected chi connectivity index (χ4v) is 4.13. The molecule has 0 fully saturated rings. The molecule has 0 spiro atoms. The van der Waals surface area contributed by atoms with E-state index in [1.165, 1.54) is 49.7 Å². The van der Waals surface area contributed by atoms with Crippen molar-refractivity contribution in [2.45, 2.75) is 0 Å². The second-order valence-corrected chi connectivity index (χ2v) is 7.80. The number of aromatic nitrogens is 1. The molecule has 0 unspecified atom stereocenters. The van der Waals surface area contributed by atoms with Crippen LogP contribution >= 0.6 is 0 Å². The molecule has 0 aliphatic carbocycles. The number of fused-ring (bicyclic) bond motifs is 2. The zero-order valence-corrected chi connectivity index (χ0v) is 18.9. The Balaban J connectivity index is 0.000000775. The van der Waals surface area contributed by atoms with E-state index in [9.17, 15) is 0 Å². The number of rotatable bonds is 3. The number of anilines is 1. The average molecular weight is 434 g/mol. The Bertz CT molecular complexity index is 1350. The van der Waals surface area contributed by atoms with Gasteiger partial charge in [-0.15, -0.1) is 0 Å². The van der Waals surface area contributed by atoms with Gasteiger partial charge in [-0.1, -0.05) is 60.0 Å². The maximum atomic E-state index is 7.13. The maximum Gasteiger partial charge on any atom is 0.219 e. The summed E-state index contributed by atoms with van der Waals surface area (Å²) in [6, 6.07) is 36.8. The van der Waals surface area contributed by atoms with Gasteiger partial charge in [-0.3, -0.25) is 0 Å². The van der Waals surface area contributed by atoms with E-state index in [0.717, 1.165) is 0 Å². The highest BCUT2D eigenvalue weighted by Gasteiger charge is 2.22. The predicted octanol–water partition coefficient (Wildman–Crippen LogP) is 6.02. The first-order chi connectivity index (χ1) is 15.7. The molecule has 5 aromatic rings. The minimum absolute atomic E-state index is 1.18. The van der Waals surface area contributed by atoms with E-state index in [4.69, 9.17) is 5.26 Å². The molecule has 0 aliphatic rings. The Morgan fingerprint density at radius 3 is 1.66 bits per heavy atom. The fraction of sp³-hybridized carbons (Fsp3) is 0.0714. The Hall–Kier alpha value is -3.94. The molecule has 4 heteroatoms. The Labute approximate surface area is 194 Å². The summed E-state index contributed by atoms with van der Waals surface area (Å²) in [5.74, 6) is 0. The van der Waals surface area contributed by atoms with E-state index in [2.05, 4.69) is 139 Å². The summed E-state index contributed by atoms with van der Waals surface area (Å²) in [5.41, 5.74) is 7.33. The second kappa shape index (κ2) is 9.47. The van der Waals surface area contributed by atoms with Gasteiger partial charge in [0.15, 0.2) is 0 Å².